The molecule has 0 aliphatic carbocycles. The van der Waals surface area contributed by atoms with Crippen LogP contribution in [-0.2, 0) is 7.05 Å². The molecule has 1 atom stereocenters. The third kappa shape index (κ3) is 3.54. The monoisotopic (exact) mass is 402 g/mol. The second-order valence-corrected chi connectivity index (χ2v) is 7.36. The zero-order valence-electron chi connectivity index (χ0n) is 15.4. The smallest absolute Gasteiger partial charge is 0.293 e. The number of hydrogen-bond donors (Lipinski definition) is 0. The van der Waals surface area contributed by atoms with Crippen molar-refractivity contribution < 1.29 is 13.7 Å². The molecule has 1 amide bonds. The van der Waals surface area contributed by atoms with Crippen molar-refractivity contribution >= 4 is 17.5 Å². The van der Waals surface area contributed by atoms with Crippen LogP contribution in [0.4, 0.5) is 4.39 Å². The molecule has 3 aromatic rings. The molecule has 0 radical (unpaired) electrons. The van der Waals surface area contributed by atoms with E-state index in [1.807, 2.05) is 0 Å². The van der Waals surface area contributed by atoms with Gasteiger partial charge >= 0.3 is 0 Å². The quantitative estimate of drug-likeness (QED) is 0.641. The van der Waals surface area contributed by atoms with Gasteiger partial charge in [-0.1, -0.05) is 41.7 Å². The van der Waals surface area contributed by atoms with Crippen molar-refractivity contribution in [2.75, 3.05) is 6.54 Å². The van der Waals surface area contributed by atoms with E-state index in [1.54, 1.807) is 41.0 Å². The first kappa shape index (κ1) is 18.7. The minimum absolute atomic E-state index is 0.0807. The second kappa shape index (κ2) is 7.75. The normalized spacial score (nSPS) is 17.5. The van der Waals surface area contributed by atoms with Crippen molar-refractivity contribution in [3.63, 3.8) is 0 Å². The number of likely N-dealkylation sites (tertiary alicyclic amines) is 1. The van der Waals surface area contributed by atoms with E-state index < -0.39 is 5.82 Å². The summed E-state index contributed by atoms with van der Waals surface area (Å²) in [6.45, 7) is 0.576. The molecule has 8 heteroatoms. The lowest BCUT2D eigenvalue weighted by atomic mass is 10.1. The molecule has 0 bridgehead atoms. The fourth-order valence-corrected chi connectivity index (χ4v) is 3.96. The number of hydrogen-bond acceptors (Lipinski definition) is 4. The molecular weight excluding hydrogens is 383 g/mol. The van der Waals surface area contributed by atoms with Crippen LogP contribution in [0.25, 0.3) is 11.3 Å². The lowest BCUT2D eigenvalue weighted by Crippen LogP contribution is -2.35. The molecular formula is C20H20ClFN4O2. The standard InChI is InChI=1S/C20H20ClFN4O2/c1-25-12-14(21)19(23-25)17-9-3-2-6-10-26(17)20(27)18-11-16(24-28-18)13-7-4-5-8-15(13)22/h4-5,7-8,11-12,17H,2-3,6,9-10H2,1H3/t17-/m1/s1. The van der Waals surface area contributed by atoms with Crippen molar-refractivity contribution in [3.8, 4) is 11.3 Å². The Labute approximate surface area is 166 Å². The largest absolute Gasteiger partial charge is 0.350 e. The summed E-state index contributed by atoms with van der Waals surface area (Å²) < 4.78 is 21.0. The maximum atomic E-state index is 14.0. The fraction of sp³-hybridized carbons (Fsp3) is 0.350. The maximum Gasteiger partial charge on any atom is 0.293 e. The number of carbonyl (C=O) groups excluding carboxylic acids is 1. The maximum absolute atomic E-state index is 14.0. The highest BCUT2D eigenvalue weighted by Gasteiger charge is 2.32. The Kier molecular flexibility index (Phi) is 5.17. The first-order valence-corrected chi connectivity index (χ1v) is 9.64. The number of amides is 1. The van der Waals surface area contributed by atoms with E-state index in [9.17, 15) is 9.18 Å². The van der Waals surface area contributed by atoms with Crippen LogP contribution in [0.3, 0.4) is 0 Å². The minimum Gasteiger partial charge on any atom is -0.350 e. The topological polar surface area (TPSA) is 64.2 Å². The van der Waals surface area contributed by atoms with Crippen molar-refractivity contribution in [2.45, 2.75) is 31.7 Å². The second-order valence-electron chi connectivity index (χ2n) is 6.96. The molecule has 0 N–H and O–H groups in total. The van der Waals surface area contributed by atoms with Gasteiger partial charge in [0, 0.05) is 31.4 Å². The van der Waals surface area contributed by atoms with Crippen LogP contribution in [0.5, 0.6) is 0 Å². The number of benzene rings is 1. The van der Waals surface area contributed by atoms with Crippen molar-refractivity contribution in [2.24, 2.45) is 7.05 Å². The first-order valence-electron chi connectivity index (χ1n) is 9.26. The SMILES string of the molecule is Cn1cc(Cl)c([C@H]2CCCCCN2C(=O)c2cc(-c3ccccc3F)no2)n1. The Morgan fingerprint density at radius 3 is 2.86 bits per heavy atom. The predicted octanol–water partition coefficient (Wildman–Crippen LogP) is 4.63. The van der Waals surface area contributed by atoms with Crippen LogP contribution in [0.2, 0.25) is 5.02 Å². The molecule has 0 unspecified atom stereocenters. The molecule has 3 heterocycles. The molecule has 4 rings (SSSR count). The van der Waals surface area contributed by atoms with E-state index in [4.69, 9.17) is 16.1 Å². The third-order valence-electron chi connectivity index (χ3n) is 5.01. The highest BCUT2D eigenvalue weighted by atomic mass is 35.5. The average molecular weight is 403 g/mol. The van der Waals surface area contributed by atoms with Crippen LogP contribution >= 0.6 is 11.6 Å². The Bertz CT molecular complexity index is 1000. The van der Waals surface area contributed by atoms with E-state index in [2.05, 4.69) is 10.3 Å². The number of aryl methyl sites for hydroxylation is 1. The minimum atomic E-state index is -0.414. The van der Waals surface area contributed by atoms with Crippen LogP contribution in [-0.4, -0.2) is 32.3 Å². The molecule has 2 aromatic heterocycles. The molecule has 1 saturated heterocycles. The highest BCUT2D eigenvalue weighted by molar-refractivity contribution is 6.31. The van der Waals surface area contributed by atoms with Crippen molar-refractivity contribution in [1.82, 2.24) is 19.8 Å². The Balaban J connectivity index is 1.65. The summed E-state index contributed by atoms with van der Waals surface area (Å²) in [7, 11) is 1.80. The van der Waals surface area contributed by atoms with Gasteiger partial charge in [-0.3, -0.25) is 9.48 Å². The summed E-state index contributed by atoms with van der Waals surface area (Å²) in [6.07, 6.45) is 5.41. The van der Waals surface area contributed by atoms with Gasteiger partial charge in [0.15, 0.2) is 0 Å². The zero-order valence-corrected chi connectivity index (χ0v) is 16.2. The lowest BCUT2D eigenvalue weighted by Gasteiger charge is -2.28. The summed E-state index contributed by atoms with van der Waals surface area (Å²) in [6, 6.07) is 7.52. The number of aromatic nitrogens is 3. The highest BCUT2D eigenvalue weighted by Crippen LogP contribution is 2.34. The molecule has 0 saturated carbocycles. The van der Waals surface area contributed by atoms with E-state index in [-0.39, 0.29) is 17.7 Å². The van der Waals surface area contributed by atoms with Gasteiger partial charge in [-0.15, -0.1) is 0 Å². The summed E-state index contributed by atoms with van der Waals surface area (Å²) >= 11 is 6.35. The Morgan fingerprint density at radius 1 is 1.29 bits per heavy atom. The molecule has 1 aromatic carbocycles. The molecule has 0 spiro atoms. The third-order valence-corrected chi connectivity index (χ3v) is 5.30. The van der Waals surface area contributed by atoms with Gasteiger partial charge < -0.3 is 9.42 Å². The van der Waals surface area contributed by atoms with Crippen LogP contribution in [0.1, 0.15) is 48.0 Å². The van der Waals surface area contributed by atoms with E-state index in [1.165, 1.54) is 12.1 Å². The van der Waals surface area contributed by atoms with Crippen LogP contribution in [0, 0.1) is 5.82 Å². The number of nitrogens with zero attached hydrogens (tertiary/aromatic N) is 4. The van der Waals surface area contributed by atoms with Gasteiger partial charge in [-0.25, -0.2) is 4.39 Å². The number of halogens is 2. The molecule has 1 aliphatic heterocycles. The van der Waals surface area contributed by atoms with Crippen molar-refractivity contribution in [3.05, 3.63) is 58.8 Å². The first-order chi connectivity index (χ1) is 13.5. The summed E-state index contributed by atoms with van der Waals surface area (Å²) in [5.41, 5.74) is 1.28. The number of rotatable bonds is 3. The summed E-state index contributed by atoms with van der Waals surface area (Å²) in [5.74, 6) is -0.622. The van der Waals surface area contributed by atoms with Gasteiger partial charge in [-0.2, -0.15) is 5.10 Å². The molecule has 6 nitrogen and oxygen atoms in total. The predicted molar refractivity (Wildman–Crippen MR) is 102 cm³/mol. The lowest BCUT2D eigenvalue weighted by molar-refractivity contribution is 0.0634. The molecule has 146 valence electrons. The van der Waals surface area contributed by atoms with Crippen molar-refractivity contribution in [1.29, 1.82) is 0 Å². The fourth-order valence-electron chi connectivity index (χ4n) is 3.65. The molecule has 1 aliphatic rings. The van der Waals surface area contributed by atoms with E-state index in [0.29, 0.717) is 28.5 Å². The van der Waals surface area contributed by atoms with E-state index >= 15 is 0 Å². The average Bonchev–Trinajstić information content (AvgIpc) is 3.20. The zero-order chi connectivity index (χ0) is 19.7. The van der Waals surface area contributed by atoms with Gasteiger partial charge in [0.2, 0.25) is 5.76 Å². The summed E-state index contributed by atoms with van der Waals surface area (Å²) in [4.78, 5) is 14.9. The van der Waals surface area contributed by atoms with E-state index in [0.717, 1.165) is 25.7 Å². The molecule has 28 heavy (non-hydrogen) atoms. The van der Waals surface area contributed by atoms with Gasteiger partial charge in [0.1, 0.15) is 17.2 Å². The van der Waals surface area contributed by atoms with Crippen LogP contribution in [0.15, 0.2) is 41.1 Å². The number of carbonyl (C=O) groups is 1. The Hall–Kier alpha value is -2.67. The van der Waals surface area contributed by atoms with Gasteiger partial charge in [0.25, 0.3) is 5.91 Å². The molecule has 1 fully saturated rings. The summed E-state index contributed by atoms with van der Waals surface area (Å²) in [5, 5.41) is 8.90. The van der Waals surface area contributed by atoms with Gasteiger partial charge in [0.05, 0.1) is 11.1 Å². The van der Waals surface area contributed by atoms with Gasteiger partial charge in [-0.05, 0) is 25.0 Å². The Morgan fingerprint density at radius 2 is 2.11 bits per heavy atom. The van der Waals surface area contributed by atoms with Crippen LogP contribution < -0.4 is 0 Å².